The van der Waals surface area contributed by atoms with Gasteiger partial charge in [-0.05, 0) is 0 Å². The van der Waals surface area contributed by atoms with Gasteiger partial charge < -0.3 is 0 Å². The Morgan fingerprint density at radius 1 is 0.484 bits per heavy atom. The van der Waals surface area contributed by atoms with Crippen molar-refractivity contribution in [2.45, 2.75) is 131 Å². The normalized spacial score (nSPS) is 13.8. The van der Waals surface area contributed by atoms with Crippen LogP contribution in [0.5, 0.6) is 5.75 Å². The van der Waals surface area contributed by atoms with Crippen molar-refractivity contribution in [1.82, 2.24) is 0 Å². The average molecular weight is 915 g/mol. The van der Waals surface area contributed by atoms with Crippen LogP contribution in [-0.4, -0.2) is 68.2 Å². The van der Waals surface area contributed by atoms with E-state index in [0.717, 1.165) is 38.5 Å². The van der Waals surface area contributed by atoms with Crippen LogP contribution in [0.1, 0.15) is 150 Å². The molecule has 0 spiro atoms. The van der Waals surface area contributed by atoms with Crippen LogP contribution >= 0.6 is 13.7 Å². The molecular weight excluding hydrogens is 843 g/mol. The van der Waals surface area contributed by atoms with Crippen LogP contribution in [0.25, 0.3) is 0 Å². The van der Waals surface area contributed by atoms with Crippen molar-refractivity contribution in [3.63, 3.8) is 0 Å². The molecule has 3 aromatic rings. The van der Waals surface area contributed by atoms with Crippen LogP contribution < -0.4 is 4.65 Å². The Kier molecular flexibility index (Phi) is 20.7. The van der Waals surface area contributed by atoms with Crippen molar-refractivity contribution in [2.24, 2.45) is 0 Å². The first-order valence-corrected chi connectivity index (χ1v) is 28.6. The van der Waals surface area contributed by atoms with Gasteiger partial charge in [0.2, 0.25) is 0 Å². The van der Waals surface area contributed by atoms with E-state index in [0.29, 0.717) is 98.8 Å². The van der Waals surface area contributed by atoms with Crippen molar-refractivity contribution >= 4 is 32.5 Å². The Balaban J connectivity index is 2.54. The summed E-state index contributed by atoms with van der Waals surface area (Å²) in [4.78, 5) is 29.3. The average Bonchev–Trinajstić information content (AvgIpc) is 3.25. The van der Waals surface area contributed by atoms with Gasteiger partial charge in [0.25, 0.3) is 0 Å². The van der Waals surface area contributed by atoms with Crippen molar-refractivity contribution in [3.8, 4) is 5.75 Å². The molecule has 0 heterocycles. The number of carbonyl (C=O) groups excluding carboxylic acids is 2. The van der Waals surface area contributed by atoms with Crippen LogP contribution in [0, 0.1) is 0 Å². The van der Waals surface area contributed by atoms with Gasteiger partial charge in [-0.25, -0.2) is 0 Å². The number of benzene rings is 3. The quantitative estimate of drug-likeness (QED) is 0.0289. The number of hydrogen-bond donors (Lipinski definition) is 0. The zero-order valence-corrected chi connectivity index (χ0v) is 39.7. The third kappa shape index (κ3) is 15.2. The first-order valence-electron chi connectivity index (χ1n) is 22.9. The van der Waals surface area contributed by atoms with E-state index in [1.807, 2.05) is 53.7 Å². The van der Waals surface area contributed by atoms with E-state index in [1.165, 1.54) is 0 Å². The predicted molar refractivity (Wildman–Crippen MR) is 249 cm³/mol. The molecule has 0 aliphatic carbocycles. The van der Waals surface area contributed by atoms with Gasteiger partial charge in [-0.3, -0.25) is 0 Å². The van der Waals surface area contributed by atoms with Crippen molar-refractivity contribution in [2.75, 3.05) is 49.3 Å². The SMILES string of the molecule is CCCCP(CCCC)(CCCC)(CC(=O)c1ccccc1)OB(Oc1cc(C(F)(F)F)cc(C(F)(F)F)c1)OP(CCCC)(CCCC)(CCCC)CC(=O)c1ccccc1. The number of rotatable bonds is 30. The fraction of sp³-hybridized carbons (Fsp3) is 0.583. The zero-order chi connectivity index (χ0) is 46.0. The number of hydrogen-bond acceptors (Lipinski definition) is 5. The molecule has 62 heavy (non-hydrogen) atoms. The molecule has 0 bridgehead atoms. The summed E-state index contributed by atoms with van der Waals surface area (Å²) in [5.41, 5.74) is -2.08. The maximum atomic E-state index is 14.7. The minimum atomic E-state index is -5.13. The van der Waals surface area contributed by atoms with Gasteiger partial charge in [-0.1, -0.05) is 0 Å². The fourth-order valence-electron chi connectivity index (χ4n) is 8.70. The maximum absolute atomic E-state index is 14.7. The standard InChI is InChI=1S/C48H71BF6O5P2/c1-7-13-29-61(30-14-8-2,31-15-9-3,38-45(56)40-25-21-19-22-26-40)59-49(58-44-36-42(47(50,51)52)35-43(37-44)48(53,54)55)60-62(32-16-10-4,33-17-11-5,34-18-12-6)39-46(57)41-27-23-20-24-28-41/h19-28,35-37H,7-18,29-34,38-39H2,1-6H3. The molecule has 0 amide bonds. The summed E-state index contributed by atoms with van der Waals surface area (Å²) in [6.07, 6.45) is 1.16. The summed E-state index contributed by atoms with van der Waals surface area (Å²) in [5, 5.41) is 0. The molecule has 0 N–H and O–H groups in total. The van der Waals surface area contributed by atoms with Gasteiger partial charge in [0, 0.05) is 0 Å². The molecule has 0 aromatic heterocycles. The Bertz CT molecular complexity index is 1650. The molecule has 0 saturated heterocycles. The molecule has 0 aliphatic rings. The molecule has 0 fully saturated rings. The molecule has 0 saturated carbocycles. The van der Waals surface area contributed by atoms with Crippen LogP contribution in [0.4, 0.5) is 26.3 Å². The van der Waals surface area contributed by atoms with Crippen LogP contribution in [-0.2, 0) is 21.2 Å². The van der Waals surface area contributed by atoms with Gasteiger partial charge in [0.15, 0.2) is 0 Å². The molecule has 0 atom stereocenters. The van der Waals surface area contributed by atoms with E-state index in [2.05, 4.69) is 0 Å². The molecule has 3 rings (SSSR count). The van der Waals surface area contributed by atoms with E-state index >= 15 is 0 Å². The number of ketones is 2. The second-order valence-electron chi connectivity index (χ2n) is 17.4. The summed E-state index contributed by atoms with van der Waals surface area (Å²) in [7, 11) is -1.82. The topological polar surface area (TPSA) is 61.8 Å². The number of halogens is 6. The second-order valence-corrected chi connectivity index (χ2v) is 28.6. The van der Waals surface area contributed by atoms with Crippen LogP contribution in [0.3, 0.4) is 0 Å². The van der Waals surface area contributed by atoms with Gasteiger partial charge in [-0.15, -0.1) is 0 Å². The summed E-state index contributed by atoms with van der Waals surface area (Å²) < 4.78 is 108. The molecule has 0 unspecified atom stereocenters. The molecule has 0 radical (unpaired) electrons. The van der Waals surface area contributed by atoms with Gasteiger partial charge in [0.1, 0.15) is 0 Å². The van der Waals surface area contributed by atoms with Crippen molar-refractivity contribution in [1.29, 1.82) is 0 Å². The molecule has 14 heteroatoms. The van der Waals surface area contributed by atoms with E-state index < -0.39 is 50.2 Å². The van der Waals surface area contributed by atoms with Crippen LogP contribution in [0.15, 0.2) is 78.9 Å². The molecule has 348 valence electrons. The number of unbranched alkanes of at least 4 members (excludes halogenated alkanes) is 6. The first-order chi connectivity index (χ1) is 29.3. The second kappa shape index (κ2) is 24.0. The minimum absolute atomic E-state index is 0.00695. The number of carbonyl (C=O) groups is 2. The number of Topliss-reactive ketones (excluding diaryl/α,β-unsaturated/α-hetero) is 2. The van der Waals surface area contributed by atoms with Gasteiger partial charge in [0.05, 0.1) is 0 Å². The third-order valence-electron chi connectivity index (χ3n) is 12.3. The zero-order valence-electron chi connectivity index (χ0n) is 37.9. The summed E-state index contributed by atoms with van der Waals surface area (Å²) in [6, 6.07) is 19.0. The Morgan fingerprint density at radius 3 is 1.03 bits per heavy atom. The monoisotopic (exact) mass is 914 g/mol. The predicted octanol–water partition coefficient (Wildman–Crippen LogP) is 15.6. The molecular formula is C48H71BF6O5P2. The molecule has 3 aromatic carbocycles. The van der Waals surface area contributed by atoms with Crippen LogP contribution in [0.2, 0.25) is 0 Å². The van der Waals surface area contributed by atoms with Crippen molar-refractivity contribution in [3.05, 3.63) is 101 Å². The molecule has 5 nitrogen and oxygen atoms in total. The van der Waals surface area contributed by atoms with E-state index in [-0.39, 0.29) is 30.0 Å². The number of alkyl halides is 6. The Hall–Kier alpha value is -2.78. The first kappa shape index (κ1) is 53.6. The summed E-state index contributed by atoms with van der Waals surface area (Å²) in [5.74, 6) is -1.01. The van der Waals surface area contributed by atoms with Gasteiger partial charge >= 0.3 is 369 Å². The van der Waals surface area contributed by atoms with E-state index in [9.17, 15) is 35.9 Å². The van der Waals surface area contributed by atoms with Gasteiger partial charge in [-0.2, -0.15) is 0 Å². The van der Waals surface area contributed by atoms with E-state index in [1.54, 1.807) is 48.5 Å². The summed E-state index contributed by atoms with van der Waals surface area (Å²) in [6.45, 7) is 4.35. The Labute approximate surface area is 368 Å². The Morgan fingerprint density at radius 2 is 0.774 bits per heavy atom. The third-order valence-corrected chi connectivity index (χ3v) is 24.7. The van der Waals surface area contributed by atoms with Crippen molar-refractivity contribution < 1.29 is 49.5 Å². The summed E-state index contributed by atoms with van der Waals surface area (Å²) >= 11 is 0. The van der Waals surface area contributed by atoms with E-state index in [4.69, 9.17) is 13.5 Å². The molecule has 0 aliphatic heterocycles. The fourth-order valence-corrected chi connectivity index (χ4v) is 21.5.